The fourth-order valence-corrected chi connectivity index (χ4v) is 4.53. The van der Waals surface area contributed by atoms with Gasteiger partial charge in [0, 0.05) is 12.6 Å². The molecule has 0 spiro atoms. The third kappa shape index (κ3) is 4.22. The smallest absolute Gasteiger partial charge is 0.258 e. The Morgan fingerprint density at radius 2 is 2.17 bits per heavy atom. The first-order valence-corrected chi connectivity index (χ1v) is 9.55. The quantitative estimate of drug-likeness (QED) is 0.795. The summed E-state index contributed by atoms with van der Waals surface area (Å²) in [6, 6.07) is 3.42. The summed E-state index contributed by atoms with van der Waals surface area (Å²) in [5.74, 6) is -0.548. The summed E-state index contributed by atoms with van der Waals surface area (Å²) in [5, 5.41) is 0. The van der Waals surface area contributed by atoms with Crippen molar-refractivity contribution >= 4 is 15.7 Å². The van der Waals surface area contributed by atoms with Gasteiger partial charge in [-0.15, -0.1) is 0 Å². The number of hydrogen-bond donors (Lipinski definition) is 0. The van der Waals surface area contributed by atoms with Crippen molar-refractivity contribution in [3.63, 3.8) is 0 Å². The molecule has 1 saturated heterocycles. The van der Waals surface area contributed by atoms with Gasteiger partial charge in [-0.05, 0) is 31.0 Å². The molecule has 0 radical (unpaired) electrons. The van der Waals surface area contributed by atoms with Crippen LogP contribution in [0.1, 0.15) is 36.5 Å². The molecule has 23 heavy (non-hydrogen) atoms. The van der Waals surface area contributed by atoms with Crippen LogP contribution < -0.4 is 4.74 Å². The first-order chi connectivity index (χ1) is 10.9. The van der Waals surface area contributed by atoms with Gasteiger partial charge in [0.05, 0.1) is 24.2 Å². The molecule has 0 aromatic heterocycles. The second-order valence-electron chi connectivity index (χ2n) is 5.75. The summed E-state index contributed by atoms with van der Waals surface area (Å²) in [7, 11) is -1.69. The second kappa shape index (κ2) is 7.29. The number of ether oxygens (including phenoxy) is 1. The average Bonchev–Trinajstić information content (AvgIpc) is 2.87. The monoisotopic (exact) mass is 343 g/mol. The Hall–Kier alpha value is -1.63. The van der Waals surface area contributed by atoms with Gasteiger partial charge in [0.25, 0.3) is 5.91 Å². The number of benzene rings is 1. The Labute approximate surface area is 136 Å². The van der Waals surface area contributed by atoms with Crippen LogP contribution in [-0.4, -0.2) is 50.4 Å². The van der Waals surface area contributed by atoms with E-state index < -0.39 is 15.7 Å². The minimum Gasteiger partial charge on any atom is -0.496 e. The highest BCUT2D eigenvalue weighted by atomic mass is 32.2. The van der Waals surface area contributed by atoms with Crippen molar-refractivity contribution in [3.8, 4) is 5.75 Å². The van der Waals surface area contributed by atoms with Gasteiger partial charge in [-0.25, -0.2) is 12.8 Å². The number of carbonyl (C=O) groups excluding carboxylic acids is 1. The maximum Gasteiger partial charge on any atom is 0.258 e. The number of sulfone groups is 1. The molecule has 0 N–H and O–H groups in total. The molecule has 128 valence electrons. The van der Waals surface area contributed by atoms with E-state index in [1.807, 2.05) is 6.92 Å². The summed E-state index contributed by atoms with van der Waals surface area (Å²) in [6.45, 7) is 2.45. The molecule has 1 atom stereocenters. The van der Waals surface area contributed by atoms with Crippen molar-refractivity contribution in [1.82, 2.24) is 4.90 Å². The summed E-state index contributed by atoms with van der Waals surface area (Å²) in [6.07, 6.45) is 2.07. The van der Waals surface area contributed by atoms with E-state index in [2.05, 4.69) is 0 Å². The minimum absolute atomic E-state index is 0.0277. The molecule has 1 fully saturated rings. The fourth-order valence-electron chi connectivity index (χ4n) is 2.80. The summed E-state index contributed by atoms with van der Waals surface area (Å²) >= 11 is 0. The van der Waals surface area contributed by atoms with E-state index in [0.29, 0.717) is 18.7 Å². The van der Waals surface area contributed by atoms with Crippen LogP contribution in [-0.2, 0) is 9.84 Å². The van der Waals surface area contributed by atoms with Crippen molar-refractivity contribution in [2.24, 2.45) is 0 Å². The molecule has 1 aliphatic heterocycles. The highest BCUT2D eigenvalue weighted by Crippen LogP contribution is 2.25. The zero-order valence-corrected chi connectivity index (χ0v) is 14.2. The fraction of sp³-hybridized carbons (Fsp3) is 0.562. The molecule has 7 heteroatoms. The molecule has 1 aliphatic rings. The first-order valence-electron chi connectivity index (χ1n) is 7.73. The van der Waals surface area contributed by atoms with Gasteiger partial charge < -0.3 is 9.64 Å². The molecular formula is C16H22FNO4S. The SMILES string of the molecule is CCCCN(C(=O)c1cc(F)ccc1OC)C1CCS(=O)(=O)C1. The predicted octanol–water partition coefficient (Wildman–Crippen LogP) is 2.26. The van der Waals surface area contributed by atoms with Crippen LogP contribution in [0.5, 0.6) is 5.75 Å². The van der Waals surface area contributed by atoms with E-state index in [0.717, 1.165) is 18.9 Å². The maximum atomic E-state index is 13.5. The highest BCUT2D eigenvalue weighted by Gasteiger charge is 2.35. The van der Waals surface area contributed by atoms with E-state index in [9.17, 15) is 17.6 Å². The van der Waals surface area contributed by atoms with E-state index in [1.165, 1.54) is 19.2 Å². The molecule has 1 aromatic carbocycles. The van der Waals surface area contributed by atoms with Gasteiger partial charge in [-0.3, -0.25) is 4.79 Å². The first kappa shape index (κ1) is 17.7. The van der Waals surface area contributed by atoms with E-state index in [4.69, 9.17) is 4.74 Å². The average molecular weight is 343 g/mol. The Morgan fingerprint density at radius 1 is 1.43 bits per heavy atom. The standard InChI is InChI=1S/C16H22FNO4S/c1-3-4-8-18(13-7-9-23(20,21)11-13)16(19)14-10-12(17)5-6-15(14)22-2/h5-6,10,13H,3-4,7-9,11H2,1-2H3. The van der Waals surface area contributed by atoms with E-state index in [-0.39, 0.29) is 29.0 Å². The Balaban J connectivity index is 2.32. The van der Waals surface area contributed by atoms with Crippen molar-refractivity contribution in [3.05, 3.63) is 29.6 Å². The number of unbranched alkanes of at least 4 members (excludes halogenated alkanes) is 1. The summed E-state index contributed by atoms with van der Waals surface area (Å²) in [4.78, 5) is 14.4. The second-order valence-corrected chi connectivity index (χ2v) is 7.98. The third-order valence-corrected chi connectivity index (χ3v) is 5.80. The molecule has 1 aromatic rings. The predicted molar refractivity (Wildman–Crippen MR) is 86.0 cm³/mol. The van der Waals surface area contributed by atoms with Crippen LogP contribution in [0.3, 0.4) is 0 Å². The minimum atomic E-state index is -3.10. The van der Waals surface area contributed by atoms with Crippen LogP contribution in [0.4, 0.5) is 4.39 Å². The molecular weight excluding hydrogens is 321 g/mol. The van der Waals surface area contributed by atoms with Gasteiger partial charge in [0.2, 0.25) is 0 Å². The molecule has 1 heterocycles. The molecule has 0 bridgehead atoms. The normalized spacial score (nSPS) is 19.5. The molecule has 1 unspecified atom stereocenters. The largest absolute Gasteiger partial charge is 0.496 e. The summed E-state index contributed by atoms with van der Waals surface area (Å²) in [5.41, 5.74) is 0.132. The van der Waals surface area contributed by atoms with Crippen molar-refractivity contribution in [2.75, 3.05) is 25.2 Å². The van der Waals surface area contributed by atoms with E-state index >= 15 is 0 Å². The van der Waals surface area contributed by atoms with Crippen LogP contribution in [0.15, 0.2) is 18.2 Å². The maximum absolute atomic E-state index is 13.5. The molecule has 5 nitrogen and oxygen atoms in total. The van der Waals surface area contributed by atoms with Crippen molar-refractivity contribution in [1.29, 1.82) is 0 Å². The Kier molecular flexibility index (Phi) is 5.62. The van der Waals surface area contributed by atoms with Crippen molar-refractivity contribution in [2.45, 2.75) is 32.2 Å². The van der Waals surface area contributed by atoms with E-state index in [1.54, 1.807) is 4.90 Å². The van der Waals surface area contributed by atoms with Gasteiger partial charge in [-0.2, -0.15) is 0 Å². The van der Waals surface area contributed by atoms with Crippen LogP contribution in [0.25, 0.3) is 0 Å². The number of methoxy groups -OCH3 is 1. The van der Waals surface area contributed by atoms with Gasteiger partial charge >= 0.3 is 0 Å². The lowest BCUT2D eigenvalue weighted by Gasteiger charge is -2.29. The third-order valence-electron chi connectivity index (χ3n) is 4.05. The number of rotatable bonds is 6. The zero-order valence-electron chi connectivity index (χ0n) is 13.4. The lowest BCUT2D eigenvalue weighted by atomic mass is 10.1. The van der Waals surface area contributed by atoms with Gasteiger partial charge in [0.1, 0.15) is 11.6 Å². The highest BCUT2D eigenvalue weighted by molar-refractivity contribution is 7.91. The molecule has 1 amide bonds. The van der Waals surface area contributed by atoms with Crippen LogP contribution in [0, 0.1) is 5.82 Å². The number of halogens is 1. The lowest BCUT2D eigenvalue weighted by Crippen LogP contribution is -2.42. The van der Waals surface area contributed by atoms with Crippen LogP contribution >= 0.6 is 0 Å². The zero-order chi connectivity index (χ0) is 17.0. The number of hydrogen-bond acceptors (Lipinski definition) is 4. The van der Waals surface area contributed by atoms with Crippen molar-refractivity contribution < 1.29 is 22.3 Å². The molecule has 2 rings (SSSR count). The van der Waals surface area contributed by atoms with Gasteiger partial charge in [-0.1, -0.05) is 13.3 Å². The topological polar surface area (TPSA) is 63.7 Å². The number of amides is 1. The molecule has 0 saturated carbocycles. The number of nitrogens with zero attached hydrogens (tertiary/aromatic N) is 1. The lowest BCUT2D eigenvalue weighted by molar-refractivity contribution is 0.0690. The Morgan fingerprint density at radius 3 is 2.74 bits per heavy atom. The van der Waals surface area contributed by atoms with Gasteiger partial charge in [0.15, 0.2) is 9.84 Å². The van der Waals surface area contributed by atoms with Crippen LogP contribution in [0.2, 0.25) is 0 Å². The molecule has 0 aliphatic carbocycles. The number of carbonyl (C=O) groups is 1. The Bertz CT molecular complexity index is 675. The summed E-state index contributed by atoms with van der Waals surface area (Å²) < 4.78 is 42.2.